The normalized spacial score (nSPS) is 11.0. The Kier molecular flexibility index (Phi) is 8.33. The van der Waals surface area contributed by atoms with Gasteiger partial charge in [0.25, 0.3) is 0 Å². The smallest absolute Gasteiger partial charge is 0.240 e. The van der Waals surface area contributed by atoms with Crippen LogP contribution in [0.5, 0.6) is 5.75 Å². The van der Waals surface area contributed by atoms with Crippen LogP contribution in [0.15, 0.2) is 54.6 Å². The third-order valence-electron chi connectivity index (χ3n) is 4.31. The fourth-order valence-electron chi connectivity index (χ4n) is 2.82. The van der Waals surface area contributed by atoms with Gasteiger partial charge in [0.15, 0.2) is 0 Å². The zero-order valence-electron chi connectivity index (χ0n) is 17.2. The summed E-state index contributed by atoms with van der Waals surface area (Å²) in [6.45, 7) is 3.38. The van der Waals surface area contributed by atoms with Crippen LogP contribution in [0.1, 0.15) is 13.3 Å². The molecule has 0 saturated carbocycles. The summed E-state index contributed by atoms with van der Waals surface area (Å²) in [7, 11) is -1.60. The molecule has 0 radical (unpaired) electrons. The lowest BCUT2D eigenvalue weighted by atomic mass is 10.3. The summed E-state index contributed by atoms with van der Waals surface area (Å²) < 4.78 is 30.8. The number of para-hydroxylation sites is 1. The summed E-state index contributed by atoms with van der Waals surface area (Å²) in [5.74, 6) is 0.309. The second kappa shape index (κ2) is 10.7. The van der Waals surface area contributed by atoms with E-state index in [1.807, 2.05) is 44.3 Å². The van der Waals surface area contributed by atoms with Gasteiger partial charge in [-0.25, -0.2) is 8.42 Å². The second-order valence-electron chi connectivity index (χ2n) is 6.66. The number of nitrogens with one attached hydrogen (secondary N) is 1. The molecule has 0 aromatic heterocycles. The Hall–Kier alpha value is -2.74. The number of benzene rings is 2. The number of hydrogen-bond acceptors (Lipinski definition) is 5. The van der Waals surface area contributed by atoms with E-state index < -0.39 is 10.0 Å². The Labute approximate surface area is 173 Å². The molecule has 158 valence electrons. The van der Waals surface area contributed by atoms with Gasteiger partial charge >= 0.3 is 0 Å². The Bertz CT molecular complexity index is 871. The van der Waals surface area contributed by atoms with Crippen LogP contribution in [0.2, 0.25) is 0 Å². The van der Waals surface area contributed by atoms with Crippen LogP contribution in [-0.4, -0.2) is 53.9 Å². The van der Waals surface area contributed by atoms with Crippen LogP contribution in [-0.2, 0) is 14.8 Å². The highest BCUT2D eigenvalue weighted by Gasteiger charge is 2.20. The molecule has 7 nitrogen and oxygen atoms in total. The lowest BCUT2D eigenvalue weighted by Crippen LogP contribution is -2.41. The molecule has 0 spiro atoms. The van der Waals surface area contributed by atoms with Crippen molar-refractivity contribution in [2.75, 3.05) is 48.7 Å². The molecule has 2 aromatic rings. The first-order valence-corrected chi connectivity index (χ1v) is 11.4. The molecular formula is C21H29N3O4S. The zero-order valence-corrected chi connectivity index (χ0v) is 18.0. The largest absolute Gasteiger partial charge is 0.494 e. The van der Waals surface area contributed by atoms with Crippen molar-refractivity contribution in [1.82, 2.24) is 5.32 Å². The van der Waals surface area contributed by atoms with Gasteiger partial charge in [-0.3, -0.25) is 9.10 Å². The average Bonchev–Trinajstić information content (AvgIpc) is 2.70. The first-order valence-electron chi connectivity index (χ1n) is 9.54. The number of hydrogen-bond donors (Lipinski definition) is 1. The van der Waals surface area contributed by atoms with Gasteiger partial charge in [-0.2, -0.15) is 0 Å². The van der Waals surface area contributed by atoms with E-state index in [2.05, 4.69) is 10.2 Å². The minimum Gasteiger partial charge on any atom is -0.494 e. The van der Waals surface area contributed by atoms with Gasteiger partial charge < -0.3 is 15.0 Å². The van der Waals surface area contributed by atoms with Crippen molar-refractivity contribution in [3.63, 3.8) is 0 Å². The standard InChI is InChI=1S/C21H29N3O4S/c1-4-28-20-13-11-19(12-14-20)24(29(3,26)27)17-21(25)22-15-8-16-23(2)18-9-6-5-7-10-18/h5-7,9-14H,4,8,15-17H2,1-3H3,(H,22,25). The molecule has 0 aliphatic rings. The van der Waals surface area contributed by atoms with Crippen LogP contribution in [0.25, 0.3) is 0 Å². The maximum atomic E-state index is 12.3. The highest BCUT2D eigenvalue weighted by Crippen LogP contribution is 2.21. The number of ether oxygens (including phenoxy) is 1. The zero-order chi connectivity index (χ0) is 21.3. The van der Waals surface area contributed by atoms with Crippen LogP contribution >= 0.6 is 0 Å². The third-order valence-corrected chi connectivity index (χ3v) is 5.45. The van der Waals surface area contributed by atoms with Crippen molar-refractivity contribution in [2.24, 2.45) is 0 Å². The lowest BCUT2D eigenvalue weighted by Gasteiger charge is -2.22. The maximum absolute atomic E-state index is 12.3. The predicted molar refractivity (Wildman–Crippen MR) is 117 cm³/mol. The molecule has 0 heterocycles. The third kappa shape index (κ3) is 7.30. The fourth-order valence-corrected chi connectivity index (χ4v) is 3.67. The molecular weight excluding hydrogens is 390 g/mol. The lowest BCUT2D eigenvalue weighted by molar-refractivity contribution is -0.119. The summed E-state index contributed by atoms with van der Waals surface area (Å²) in [6, 6.07) is 16.6. The highest BCUT2D eigenvalue weighted by molar-refractivity contribution is 7.92. The number of nitrogens with zero attached hydrogens (tertiary/aromatic N) is 2. The van der Waals surface area contributed by atoms with E-state index in [1.54, 1.807) is 24.3 Å². The van der Waals surface area contributed by atoms with Gasteiger partial charge in [-0.15, -0.1) is 0 Å². The summed E-state index contributed by atoms with van der Waals surface area (Å²) in [6.07, 6.45) is 1.84. The van der Waals surface area contributed by atoms with Crippen molar-refractivity contribution in [3.05, 3.63) is 54.6 Å². The molecule has 0 saturated heterocycles. The molecule has 1 amide bonds. The van der Waals surface area contributed by atoms with E-state index >= 15 is 0 Å². The van der Waals surface area contributed by atoms with Gasteiger partial charge in [-0.05, 0) is 49.7 Å². The number of anilines is 2. The summed E-state index contributed by atoms with van der Waals surface area (Å²) in [5, 5.41) is 2.80. The van der Waals surface area contributed by atoms with Crippen LogP contribution in [0.3, 0.4) is 0 Å². The molecule has 2 aromatic carbocycles. The van der Waals surface area contributed by atoms with Crippen LogP contribution in [0.4, 0.5) is 11.4 Å². The number of carbonyl (C=O) groups excluding carboxylic acids is 1. The predicted octanol–water partition coefficient (Wildman–Crippen LogP) is 2.49. The molecule has 1 N–H and O–H groups in total. The maximum Gasteiger partial charge on any atom is 0.240 e. The van der Waals surface area contributed by atoms with E-state index in [1.165, 1.54) is 0 Å². The Balaban J connectivity index is 1.87. The van der Waals surface area contributed by atoms with Gasteiger partial charge in [0.05, 0.1) is 18.6 Å². The van der Waals surface area contributed by atoms with E-state index in [0.29, 0.717) is 24.6 Å². The first-order chi connectivity index (χ1) is 13.8. The van der Waals surface area contributed by atoms with Crippen LogP contribution < -0.4 is 19.3 Å². The van der Waals surface area contributed by atoms with Gasteiger partial charge in [0.2, 0.25) is 15.9 Å². The summed E-state index contributed by atoms with van der Waals surface area (Å²) in [5.41, 5.74) is 1.53. The van der Waals surface area contributed by atoms with Gasteiger partial charge in [0, 0.05) is 25.8 Å². The molecule has 0 unspecified atom stereocenters. The van der Waals surface area contributed by atoms with Gasteiger partial charge in [-0.1, -0.05) is 18.2 Å². The number of sulfonamides is 1. The average molecular weight is 420 g/mol. The van der Waals surface area contributed by atoms with Gasteiger partial charge in [0.1, 0.15) is 12.3 Å². The summed E-state index contributed by atoms with van der Waals surface area (Å²) in [4.78, 5) is 14.4. The number of rotatable bonds is 11. The Morgan fingerprint density at radius 3 is 2.28 bits per heavy atom. The molecule has 29 heavy (non-hydrogen) atoms. The number of amides is 1. The Morgan fingerprint density at radius 1 is 1.03 bits per heavy atom. The monoisotopic (exact) mass is 419 g/mol. The SMILES string of the molecule is CCOc1ccc(N(CC(=O)NCCCN(C)c2ccccc2)S(C)(=O)=O)cc1. The van der Waals surface area contributed by atoms with E-state index in [4.69, 9.17) is 4.74 Å². The second-order valence-corrected chi connectivity index (χ2v) is 8.56. The minimum atomic E-state index is -3.59. The molecule has 2 rings (SSSR count). The van der Waals surface area contributed by atoms with Crippen molar-refractivity contribution < 1.29 is 17.9 Å². The summed E-state index contributed by atoms with van der Waals surface area (Å²) >= 11 is 0. The first kappa shape index (κ1) is 22.5. The molecule has 0 aliphatic carbocycles. The van der Waals surface area contributed by atoms with Crippen molar-refractivity contribution in [3.8, 4) is 5.75 Å². The molecule has 0 fully saturated rings. The van der Waals surface area contributed by atoms with E-state index in [-0.39, 0.29) is 12.5 Å². The van der Waals surface area contributed by atoms with Crippen LogP contribution in [0, 0.1) is 0 Å². The van der Waals surface area contributed by atoms with E-state index in [0.717, 1.165) is 29.2 Å². The number of carbonyl (C=O) groups is 1. The topological polar surface area (TPSA) is 79.0 Å². The Morgan fingerprint density at radius 2 is 1.69 bits per heavy atom. The quantitative estimate of drug-likeness (QED) is 0.566. The molecule has 0 bridgehead atoms. The molecule has 8 heteroatoms. The fraction of sp³-hybridized carbons (Fsp3) is 0.381. The van der Waals surface area contributed by atoms with Crippen molar-refractivity contribution in [2.45, 2.75) is 13.3 Å². The highest BCUT2D eigenvalue weighted by atomic mass is 32.2. The van der Waals surface area contributed by atoms with E-state index in [9.17, 15) is 13.2 Å². The van der Waals surface area contributed by atoms with Crippen molar-refractivity contribution in [1.29, 1.82) is 0 Å². The minimum absolute atomic E-state index is 0.263. The van der Waals surface area contributed by atoms with Crippen molar-refractivity contribution >= 4 is 27.3 Å². The molecule has 0 atom stereocenters. The molecule has 0 aliphatic heterocycles.